The molecule has 156 valence electrons. The molecule has 2 heterocycles. The van der Waals surface area contributed by atoms with Crippen LogP contribution in [0.3, 0.4) is 0 Å². The lowest BCUT2D eigenvalue weighted by Gasteiger charge is -2.33. The first-order valence-corrected chi connectivity index (χ1v) is 10.5. The topological polar surface area (TPSA) is 61.8 Å². The molecule has 1 aromatic carbocycles. The van der Waals surface area contributed by atoms with E-state index < -0.39 is 0 Å². The van der Waals surface area contributed by atoms with Crippen LogP contribution < -0.4 is 20.3 Å². The van der Waals surface area contributed by atoms with E-state index in [4.69, 9.17) is 4.74 Å². The third kappa shape index (κ3) is 6.11. The number of pyridine rings is 1. The van der Waals surface area contributed by atoms with E-state index in [0.29, 0.717) is 12.0 Å². The number of nitrogens with zero attached hydrogens (tertiary/aromatic N) is 3. The molecule has 2 aromatic rings. The Labute approximate surface area is 174 Å². The fourth-order valence-electron chi connectivity index (χ4n) is 3.69. The van der Waals surface area contributed by atoms with E-state index in [9.17, 15) is 0 Å². The number of aliphatic imine (C=N–C) groups is 1. The van der Waals surface area contributed by atoms with Crippen molar-refractivity contribution in [3.63, 3.8) is 0 Å². The van der Waals surface area contributed by atoms with Crippen molar-refractivity contribution in [3.8, 4) is 5.75 Å². The molecule has 0 aliphatic carbocycles. The van der Waals surface area contributed by atoms with Gasteiger partial charge in [0.2, 0.25) is 0 Å². The molecule has 0 radical (unpaired) electrons. The summed E-state index contributed by atoms with van der Waals surface area (Å²) in [4.78, 5) is 11.2. The average molecular weight is 396 g/mol. The van der Waals surface area contributed by atoms with Gasteiger partial charge in [0.05, 0.1) is 7.11 Å². The van der Waals surface area contributed by atoms with Crippen LogP contribution in [-0.4, -0.2) is 50.8 Å². The lowest BCUT2D eigenvalue weighted by atomic mass is 9.98. The molecule has 2 N–H and O–H groups in total. The summed E-state index contributed by atoms with van der Waals surface area (Å²) in [6, 6.07) is 14.9. The standard InChI is InChI=1S/C23H33N5O/c1-18(19-7-9-21(29-3)10-8-19)11-15-26-23(24-2)27-20-12-16-28(17-13-20)22-6-4-5-14-25-22/h4-10,14,18,20H,11-13,15-17H2,1-3H3,(H2,24,26,27). The van der Waals surface area contributed by atoms with Crippen molar-refractivity contribution >= 4 is 11.8 Å². The van der Waals surface area contributed by atoms with Crippen LogP contribution in [0.1, 0.15) is 37.7 Å². The number of hydrogen-bond acceptors (Lipinski definition) is 4. The second-order valence-electron chi connectivity index (χ2n) is 7.56. The normalized spacial score (nSPS) is 16.4. The van der Waals surface area contributed by atoms with Gasteiger partial charge in [-0.15, -0.1) is 0 Å². The number of rotatable bonds is 7. The minimum Gasteiger partial charge on any atom is -0.497 e. The predicted molar refractivity (Wildman–Crippen MR) is 120 cm³/mol. The van der Waals surface area contributed by atoms with Crippen molar-refractivity contribution in [1.29, 1.82) is 0 Å². The maximum absolute atomic E-state index is 5.24. The number of hydrogen-bond donors (Lipinski definition) is 2. The van der Waals surface area contributed by atoms with Crippen LogP contribution in [0, 0.1) is 0 Å². The molecule has 0 bridgehead atoms. The molecule has 0 amide bonds. The smallest absolute Gasteiger partial charge is 0.191 e. The van der Waals surface area contributed by atoms with Gasteiger partial charge in [0.25, 0.3) is 0 Å². The molecule has 1 fully saturated rings. The van der Waals surface area contributed by atoms with Crippen LogP contribution in [0.2, 0.25) is 0 Å². The number of guanidine groups is 1. The number of aromatic nitrogens is 1. The van der Waals surface area contributed by atoms with Crippen molar-refractivity contribution in [2.45, 2.75) is 38.1 Å². The Morgan fingerprint density at radius 3 is 2.59 bits per heavy atom. The monoisotopic (exact) mass is 395 g/mol. The highest BCUT2D eigenvalue weighted by atomic mass is 16.5. The first kappa shape index (κ1) is 21.0. The van der Waals surface area contributed by atoms with Crippen LogP contribution >= 0.6 is 0 Å². The molecule has 29 heavy (non-hydrogen) atoms. The minimum atomic E-state index is 0.445. The Hall–Kier alpha value is -2.76. The maximum atomic E-state index is 5.24. The zero-order valence-corrected chi connectivity index (χ0v) is 17.8. The molecule has 6 heteroatoms. The Bertz CT molecular complexity index is 755. The Morgan fingerprint density at radius 1 is 1.21 bits per heavy atom. The summed E-state index contributed by atoms with van der Waals surface area (Å²) >= 11 is 0. The van der Waals surface area contributed by atoms with Gasteiger partial charge >= 0.3 is 0 Å². The van der Waals surface area contributed by atoms with Gasteiger partial charge < -0.3 is 20.3 Å². The molecule has 1 saturated heterocycles. The molecule has 1 aliphatic rings. The third-order valence-electron chi connectivity index (χ3n) is 5.59. The van der Waals surface area contributed by atoms with E-state index in [-0.39, 0.29) is 0 Å². The number of nitrogens with one attached hydrogen (secondary N) is 2. The number of ether oxygens (including phenoxy) is 1. The molecule has 0 saturated carbocycles. The van der Waals surface area contributed by atoms with Gasteiger partial charge in [0.15, 0.2) is 5.96 Å². The molecule has 1 unspecified atom stereocenters. The highest BCUT2D eigenvalue weighted by Gasteiger charge is 2.20. The van der Waals surface area contributed by atoms with Gasteiger partial charge in [0.1, 0.15) is 11.6 Å². The van der Waals surface area contributed by atoms with E-state index in [0.717, 1.165) is 56.4 Å². The molecule has 0 spiro atoms. The van der Waals surface area contributed by atoms with Crippen molar-refractivity contribution < 1.29 is 4.74 Å². The maximum Gasteiger partial charge on any atom is 0.191 e. The van der Waals surface area contributed by atoms with E-state index in [2.05, 4.69) is 50.6 Å². The first-order valence-electron chi connectivity index (χ1n) is 10.5. The van der Waals surface area contributed by atoms with Gasteiger partial charge in [-0.2, -0.15) is 0 Å². The second-order valence-corrected chi connectivity index (χ2v) is 7.56. The van der Waals surface area contributed by atoms with Gasteiger partial charge in [0, 0.05) is 38.9 Å². The zero-order valence-electron chi connectivity index (χ0n) is 17.8. The van der Waals surface area contributed by atoms with E-state index in [1.807, 2.05) is 37.5 Å². The summed E-state index contributed by atoms with van der Waals surface area (Å²) in [5.41, 5.74) is 1.33. The van der Waals surface area contributed by atoms with Crippen LogP contribution in [-0.2, 0) is 0 Å². The number of methoxy groups -OCH3 is 1. The van der Waals surface area contributed by atoms with Crippen LogP contribution in [0.25, 0.3) is 0 Å². The predicted octanol–water partition coefficient (Wildman–Crippen LogP) is 3.42. The molecule has 6 nitrogen and oxygen atoms in total. The minimum absolute atomic E-state index is 0.445. The lowest BCUT2D eigenvalue weighted by molar-refractivity contribution is 0.414. The molecule has 1 atom stereocenters. The Kier molecular flexibility index (Phi) is 7.73. The Morgan fingerprint density at radius 2 is 1.97 bits per heavy atom. The summed E-state index contributed by atoms with van der Waals surface area (Å²) in [6.07, 6.45) is 5.07. The van der Waals surface area contributed by atoms with Gasteiger partial charge in [-0.1, -0.05) is 25.1 Å². The van der Waals surface area contributed by atoms with Crippen molar-refractivity contribution in [3.05, 3.63) is 54.2 Å². The first-order chi connectivity index (χ1) is 14.2. The van der Waals surface area contributed by atoms with Crippen molar-refractivity contribution in [2.75, 3.05) is 38.7 Å². The van der Waals surface area contributed by atoms with E-state index in [1.165, 1.54) is 5.56 Å². The largest absolute Gasteiger partial charge is 0.497 e. The van der Waals surface area contributed by atoms with E-state index >= 15 is 0 Å². The SMILES string of the molecule is CN=C(NCCC(C)c1ccc(OC)cc1)NC1CCN(c2ccccn2)CC1. The zero-order chi connectivity index (χ0) is 20.5. The molecule has 1 aliphatic heterocycles. The second kappa shape index (κ2) is 10.7. The number of piperidine rings is 1. The van der Waals surface area contributed by atoms with Crippen LogP contribution in [0.5, 0.6) is 5.75 Å². The molecular weight excluding hydrogens is 362 g/mol. The summed E-state index contributed by atoms with van der Waals surface area (Å²) in [7, 11) is 3.54. The van der Waals surface area contributed by atoms with Crippen LogP contribution in [0.4, 0.5) is 5.82 Å². The fourth-order valence-corrected chi connectivity index (χ4v) is 3.69. The third-order valence-corrected chi connectivity index (χ3v) is 5.59. The highest BCUT2D eigenvalue weighted by Crippen LogP contribution is 2.21. The Balaban J connectivity index is 1.39. The average Bonchev–Trinajstić information content (AvgIpc) is 2.79. The fraction of sp³-hybridized carbons (Fsp3) is 0.478. The quantitative estimate of drug-likeness (QED) is 0.556. The summed E-state index contributed by atoms with van der Waals surface area (Å²) in [5.74, 6) is 3.34. The summed E-state index contributed by atoms with van der Waals surface area (Å²) < 4.78 is 5.24. The molecular formula is C23H33N5O. The number of anilines is 1. The van der Waals surface area contributed by atoms with Crippen LogP contribution in [0.15, 0.2) is 53.7 Å². The molecule has 1 aromatic heterocycles. The summed E-state index contributed by atoms with van der Waals surface area (Å²) in [5, 5.41) is 7.05. The summed E-state index contributed by atoms with van der Waals surface area (Å²) in [6.45, 7) is 5.17. The van der Waals surface area contributed by atoms with E-state index in [1.54, 1.807) is 7.11 Å². The number of benzene rings is 1. The molecule has 3 rings (SSSR count). The van der Waals surface area contributed by atoms with Gasteiger partial charge in [-0.25, -0.2) is 4.98 Å². The lowest BCUT2D eigenvalue weighted by Crippen LogP contribution is -2.49. The van der Waals surface area contributed by atoms with Gasteiger partial charge in [-0.3, -0.25) is 4.99 Å². The van der Waals surface area contributed by atoms with Crippen molar-refractivity contribution in [2.24, 2.45) is 4.99 Å². The van der Waals surface area contributed by atoms with Crippen molar-refractivity contribution in [1.82, 2.24) is 15.6 Å². The highest BCUT2D eigenvalue weighted by molar-refractivity contribution is 5.80. The van der Waals surface area contributed by atoms with Gasteiger partial charge in [-0.05, 0) is 55.0 Å².